The van der Waals surface area contributed by atoms with Gasteiger partial charge in [0.1, 0.15) is 0 Å². The number of hydrogen-bond acceptors (Lipinski definition) is 5. The number of nitrogens with zero attached hydrogens (tertiary/aromatic N) is 3. The Hall–Kier alpha value is -1.47. The van der Waals surface area contributed by atoms with E-state index >= 15 is 0 Å². The van der Waals surface area contributed by atoms with Gasteiger partial charge in [-0.2, -0.15) is 0 Å². The predicted molar refractivity (Wildman–Crippen MR) is 182 cm³/mol. The topological polar surface area (TPSA) is 112 Å². The first-order valence-electron chi connectivity index (χ1n) is 18.7. The average molecular weight is 613 g/mol. The molecule has 0 aliphatic heterocycles. The molecule has 0 radical (unpaired) electrons. The third-order valence-electron chi connectivity index (χ3n) is 12.0. The smallest absolute Gasteiger partial charge is 0.220 e. The molecule has 44 heavy (non-hydrogen) atoms. The minimum absolute atomic E-state index is 0.0133. The molecular formula is C37H68N6O. The molecule has 0 saturated heterocycles. The van der Waals surface area contributed by atoms with E-state index in [1.54, 1.807) is 0 Å². The molecule has 3 saturated carbocycles. The van der Waals surface area contributed by atoms with Gasteiger partial charge in [0.25, 0.3) is 0 Å². The summed E-state index contributed by atoms with van der Waals surface area (Å²) >= 11 is 0. The summed E-state index contributed by atoms with van der Waals surface area (Å²) < 4.78 is 1.98. The second kappa shape index (κ2) is 15.9. The van der Waals surface area contributed by atoms with Gasteiger partial charge in [-0.05, 0) is 89.4 Å². The van der Waals surface area contributed by atoms with Gasteiger partial charge in [0.15, 0.2) is 0 Å². The zero-order valence-electron chi connectivity index (χ0n) is 29.1. The highest BCUT2D eigenvalue weighted by Gasteiger charge is 2.47. The molecule has 1 aromatic heterocycles. The number of carbonyl (C=O) groups is 1. The van der Waals surface area contributed by atoms with Crippen LogP contribution < -0.4 is 16.8 Å². The van der Waals surface area contributed by atoms with Gasteiger partial charge in [-0.1, -0.05) is 95.6 Å². The van der Waals surface area contributed by atoms with Gasteiger partial charge >= 0.3 is 0 Å². The lowest BCUT2D eigenvalue weighted by Crippen LogP contribution is -2.69. The SMILES string of the molecule is CC1(N)CCCCC(C)(N)C(C)(NC(=O)CCc2cn(CCCCC3(C)CCCCCCCCCC4CC4CCC3)nn2)C1. The molecule has 252 valence electrons. The maximum Gasteiger partial charge on any atom is 0.220 e. The average Bonchev–Trinajstić information content (AvgIpc) is 3.53. The Morgan fingerprint density at radius 2 is 1.50 bits per heavy atom. The van der Waals surface area contributed by atoms with Crippen molar-refractivity contribution >= 4 is 5.91 Å². The highest BCUT2D eigenvalue weighted by molar-refractivity contribution is 5.77. The molecule has 1 heterocycles. The molecule has 3 aliphatic rings. The summed E-state index contributed by atoms with van der Waals surface area (Å²) in [5.74, 6) is 2.12. The van der Waals surface area contributed by atoms with E-state index in [4.69, 9.17) is 11.5 Å². The van der Waals surface area contributed by atoms with Crippen LogP contribution in [0.2, 0.25) is 0 Å². The van der Waals surface area contributed by atoms with E-state index in [0.717, 1.165) is 56.2 Å². The van der Waals surface area contributed by atoms with E-state index in [-0.39, 0.29) is 11.4 Å². The summed E-state index contributed by atoms with van der Waals surface area (Å²) in [5.41, 5.74) is 13.4. The Labute approximate surface area is 269 Å². The molecule has 0 bridgehead atoms. The van der Waals surface area contributed by atoms with Crippen LogP contribution in [0.4, 0.5) is 0 Å². The van der Waals surface area contributed by atoms with Crippen LogP contribution in [0.3, 0.4) is 0 Å². The lowest BCUT2D eigenvalue weighted by molar-refractivity contribution is -0.124. The van der Waals surface area contributed by atoms with E-state index in [9.17, 15) is 4.79 Å². The summed E-state index contributed by atoms with van der Waals surface area (Å²) in [6, 6.07) is 0. The summed E-state index contributed by atoms with van der Waals surface area (Å²) in [7, 11) is 0. The molecule has 1 amide bonds. The molecular weight excluding hydrogens is 544 g/mol. The monoisotopic (exact) mass is 613 g/mol. The summed E-state index contributed by atoms with van der Waals surface area (Å²) in [5, 5.41) is 12.1. The lowest BCUT2D eigenvalue weighted by atomic mass is 9.67. The number of aromatic nitrogens is 3. The predicted octanol–water partition coefficient (Wildman–Crippen LogP) is 7.99. The van der Waals surface area contributed by atoms with Gasteiger partial charge < -0.3 is 16.8 Å². The number of hydrogen-bond donors (Lipinski definition) is 3. The van der Waals surface area contributed by atoms with E-state index in [2.05, 4.69) is 43.3 Å². The van der Waals surface area contributed by atoms with Gasteiger partial charge in [-0.3, -0.25) is 9.48 Å². The number of carbonyl (C=O) groups excluding carboxylic acids is 1. The quantitative estimate of drug-likeness (QED) is 0.245. The Bertz CT molecular complexity index is 1020. The molecule has 1 aromatic rings. The molecule has 3 fully saturated rings. The van der Waals surface area contributed by atoms with Crippen molar-refractivity contribution < 1.29 is 4.79 Å². The summed E-state index contributed by atoms with van der Waals surface area (Å²) in [6.07, 6.45) is 30.1. The van der Waals surface area contributed by atoms with Crippen LogP contribution in [0.5, 0.6) is 0 Å². The molecule has 0 aromatic carbocycles. The van der Waals surface area contributed by atoms with Gasteiger partial charge in [0, 0.05) is 36.7 Å². The van der Waals surface area contributed by atoms with Crippen molar-refractivity contribution in [2.24, 2.45) is 28.7 Å². The number of unbranched alkanes of at least 4 members (excludes halogenated alkanes) is 1. The lowest BCUT2D eigenvalue weighted by Gasteiger charge is -2.50. The zero-order valence-corrected chi connectivity index (χ0v) is 29.1. The van der Waals surface area contributed by atoms with Crippen molar-refractivity contribution in [1.29, 1.82) is 0 Å². The first-order valence-corrected chi connectivity index (χ1v) is 18.7. The molecule has 7 nitrogen and oxygen atoms in total. The van der Waals surface area contributed by atoms with Crippen molar-refractivity contribution in [1.82, 2.24) is 20.3 Å². The van der Waals surface area contributed by atoms with Gasteiger partial charge in [-0.25, -0.2) is 0 Å². The highest BCUT2D eigenvalue weighted by Crippen LogP contribution is 2.47. The maximum atomic E-state index is 13.1. The normalized spacial score (nSPS) is 36.2. The van der Waals surface area contributed by atoms with Gasteiger partial charge in [0.2, 0.25) is 5.91 Å². The second-order valence-corrected chi connectivity index (χ2v) is 16.7. The summed E-state index contributed by atoms with van der Waals surface area (Å²) in [6.45, 7) is 9.70. The second-order valence-electron chi connectivity index (χ2n) is 16.7. The van der Waals surface area contributed by atoms with Crippen LogP contribution in [-0.4, -0.2) is 37.5 Å². The van der Waals surface area contributed by atoms with Gasteiger partial charge in [0.05, 0.1) is 11.2 Å². The van der Waals surface area contributed by atoms with Gasteiger partial charge in [-0.15, -0.1) is 5.10 Å². The molecule has 4 rings (SSSR count). The van der Waals surface area contributed by atoms with Crippen molar-refractivity contribution in [3.8, 4) is 0 Å². The number of amides is 1. The summed E-state index contributed by atoms with van der Waals surface area (Å²) in [4.78, 5) is 13.1. The number of nitrogens with one attached hydrogen (secondary N) is 1. The number of aryl methyl sites for hydroxylation is 2. The largest absolute Gasteiger partial charge is 0.349 e. The Balaban J connectivity index is 1.19. The molecule has 0 spiro atoms. The standard InChI is InChI=1S/C37H68N6O/c1-34(21-11-9-7-5-6-8-10-17-30-27-31(30)18-16-23-34)22-14-15-26-43-28-32(41-42-43)19-20-33(44)40-37(4)29-35(2,38)24-12-13-25-36(37,3)39/h28,30-31H,5-27,29,38-39H2,1-4H3,(H,40,44). The van der Waals surface area contributed by atoms with Crippen molar-refractivity contribution in [3.63, 3.8) is 0 Å². The van der Waals surface area contributed by atoms with Crippen LogP contribution >= 0.6 is 0 Å². The molecule has 6 atom stereocenters. The molecule has 7 heteroatoms. The molecule has 6 unspecified atom stereocenters. The van der Waals surface area contributed by atoms with Crippen molar-refractivity contribution in [3.05, 3.63) is 11.9 Å². The first-order chi connectivity index (χ1) is 20.9. The van der Waals surface area contributed by atoms with Crippen LogP contribution in [-0.2, 0) is 17.8 Å². The van der Waals surface area contributed by atoms with E-state index in [0.29, 0.717) is 24.7 Å². The molecule has 5 N–H and O–H groups in total. The van der Waals surface area contributed by atoms with E-state index in [1.165, 1.54) is 96.3 Å². The Morgan fingerprint density at radius 3 is 2.27 bits per heavy atom. The highest BCUT2D eigenvalue weighted by atomic mass is 16.1. The van der Waals surface area contributed by atoms with Crippen LogP contribution in [0.1, 0.15) is 175 Å². The van der Waals surface area contributed by atoms with Crippen LogP contribution in [0, 0.1) is 17.3 Å². The third kappa shape index (κ3) is 11.1. The van der Waals surface area contributed by atoms with E-state index < -0.39 is 11.1 Å². The number of rotatable bonds is 9. The van der Waals surface area contributed by atoms with E-state index in [1.807, 2.05) is 10.9 Å². The Morgan fingerprint density at radius 1 is 0.864 bits per heavy atom. The van der Waals surface area contributed by atoms with Crippen LogP contribution in [0.25, 0.3) is 0 Å². The minimum atomic E-state index is -0.548. The first kappa shape index (κ1) is 35.4. The number of fused-ring (bicyclic) bond motifs is 1. The van der Waals surface area contributed by atoms with Crippen molar-refractivity contribution in [2.75, 3.05) is 0 Å². The fraction of sp³-hybridized carbons (Fsp3) is 0.919. The molecule has 3 aliphatic carbocycles. The van der Waals surface area contributed by atoms with Crippen molar-refractivity contribution in [2.45, 2.75) is 199 Å². The Kier molecular flexibility index (Phi) is 12.8. The maximum absolute atomic E-state index is 13.1. The fourth-order valence-corrected chi connectivity index (χ4v) is 8.61. The minimum Gasteiger partial charge on any atom is -0.349 e. The number of nitrogens with two attached hydrogens (primary N) is 2. The third-order valence-corrected chi connectivity index (χ3v) is 12.0. The zero-order chi connectivity index (χ0) is 31.7. The van der Waals surface area contributed by atoms with Crippen LogP contribution in [0.15, 0.2) is 6.20 Å². The fourth-order valence-electron chi connectivity index (χ4n) is 8.61.